The minimum Gasteiger partial charge on any atom is -0.497 e. The molecule has 1 saturated heterocycles. The fourth-order valence-corrected chi connectivity index (χ4v) is 3.81. The fourth-order valence-electron chi connectivity index (χ4n) is 3.81. The third-order valence-electron chi connectivity index (χ3n) is 5.60. The Labute approximate surface area is 159 Å². The molecule has 140 valence electrons. The van der Waals surface area contributed by atoms with Crippen LogP contribution in [0.2, 0.25) is 0 Å². The molecule has 0 aliphatic carbocycles. The molecule has 3 aromatic rings. The maximum atomic E-state index is 13.0. The highest BCUT2D eigenvalue weighted by atomic mass is 16.5. The van der Waals surface area contributed by atoms with Crippen LogP contribution in [-0.4, -0.2) is 49.1 Å². The number of methoxy groups -OCH3 is 1. The van der Waals surface area contributed by atoms with E-state index in [0.29, 0.717) is 0 Å². The van der Waals surface area contributed by atoms with Crippen LogP contribution in [-0.2, 0) is 0 Å². The van der Waals surface area contributed by atoms with E-state index in [0.717, 1.165) is 48.4 Å². The van der Waals surface area contributed by atoms with Crippen molar-refractivity contribution in [1.29, 1.82) is 0 Å². The molecule has 2 heterocycles. The molecule has 0 spiro atoms. The van der Waals surface area contributed by atoms with Crippen molar-refractivity contribution in [2.45, 2.75) is 13.8 Å². The van der Waals surface area contributed by atoms with Gasteiger partial charge in [-0.15, -0.1) is 0 Å². The molecule has 0 bridgehead atoms. The summed E-state index contributed by atoms with van der Waals surface area (Å²) < 4.78 is 5.26. The summed E-state index contributed by atoms with van der Waals surface area (Å²) in [5.74, 6) is 0.873. The maximum absolute atomic E-state index is 13.0. The fraction of sp³-hybridized carbons (Fsp3) is 0.318. The number of piperazine rings is 1. The van der Waals surface area contributed by atoms with Crippen LogP contribution in [0.15, 0.2) is 42.6 Å². The van der Waals surface area contributed by atoms with E-state index in [1.165, 1.54) is 16.8 Å². The van der Waals surface area contributed by atoms with Crippen molar-refractivity contribution in [3.05, 3.63) is 59.3 Å². The molecule has 1 amide bonds. The minimum atomic E-state index is 0.0898. The summed E-state index contributed by atoms with van der Waals surface area (Å²) in [4.78, 5) is 20.6. The van der Waals surface area contributed by atoms with E-state index in [1.54, 1.807) is 7.11 Å². The summed E-state index contributed by atoms with van der Waals surface area (Å²) in [6, 6.07) is 12.2. The molecule has 1 N–H and O–H groups in total. The number of carbonyl (C=O) groups is 1. The highest BCUT2D eigenvalue weighted by Gasteiger charge is 2.25. The zero-order valence-electron chi connectivity index (χ0n) is 16.1. The SMILES string of the molecule is COc1ccc2c(C(=O)N3CCN(c4cccc(C)c4C)CC3)c[nH]c2c1. The van der Waals surface area contributed by atoms with Gasteiger partial charge in [0, 0.05) is 55.0 Å². The lowest BCUT2D eigenvalue weighted by atomic mass is 10.1. The molecule has 1 aliphatic rings. The number of aryl methyl sites for hydroxylation is 1. The van der Waals surface area contributed by atoms with E-state index in [1.807, 2.05) is 29.3 Å². The van der Waals surface area contributed by atoms with E-state index in [4.69, 9.17) is 4.74 Å². The van der Waals surface area contributed by atoms with Gasteiger partial charge in [0.1, 0.15) is 5.75 Å². The molecule has 1 aliphatic heterocycles. The zero-order chi connectivity index (χ0) is 19.0. The molecule has 2 aromatic carbocycles. The first-order valence-corrected chi connectivity index (χ1v) is 9.34. The topological polar surface area (TPSA) is 48.6 Å². The van der Waals surface area contributed by atoms with E-state index >= 15 is 0 Å². The summed E-state index contributed by atoms with van der Waals surface area (Å²) in [6.45, 7) is 7.48. The number of fused-ring (bicyclic) bond motifs is 1. The number of nitrogens with one attached hydrogen (secondary N) is 1. The summed E-state index contributed by atoms with van der Waals surface area (Å²) in [7, 11) is 1.64. The van der Waals surface area contributed by atoms with E-state index in [2.05, 4.69) is 41.9 Å². The molecule has 27 heavy (non-hydrogen) atoms. The summed E-state index contributed by atoms with van der Waals surface area (Å²) in [6.07, 6.45) is 1.81. The van der Waals surface area contributed by atoms with Crippen molar-refractivity contribution in [2.24, 2.45) is 0 Å². The number of aromatic amines is 1. The third-order valence-corrected chi connectivity index (χ3v) is 5.60. The van der Waals surface area contributed by atoms with Crippen molar-refractivity contribution >= 4 is 22.5 Å². The minimum absolute atomic E-state index is 0.0898. The molecule has 0 unspecified atom stereocenters. The number of hydrogen-bond acceptors (Lipinski definition) is 3. The highest BCUT2D eigenvalue weighted by molar-refractivity contribution is 6.07. The Hall–Kier alpha value is -2.95. The van der Waals surface area contributed by atoms with Crippen LogP contribution < -0.4 is 9.64 Å². The molecule has 0 radical (unpaired) electrons. The molecule has 0 saturated carbocycles. The van der Waals surface area contributed by atoms with Crippen molar-refractivity contribution in [2.75, 3.05) is 38.2 Å². The normalized spacial score (nSPS) is 14.6. The van der Waals surface area contributed by atoms with E-state index < -0.39 is 0 Å². The smallest absolute Gasteiger partial charge is 0.256 e. The molecular weight excluding hydrogens is 338 g/mol. The number of rotatable bonds is 3. The summed E-state index contributed by atoms with van der Waals surface area (Å²) in [5, 5.41) is 0.942. The first-order chi connectivity index (χ1) is 13.1. The van der Waals surface area contributed by atoms with Gasteiger partial charge in [-0.1, -0.05) is 12.1 Å². The first kappa shape index (κ1) is 17.5. The van der Waals surface area contributed by atoms with Crippen LogP contribution in [0.25, 0.3) is 10.9 Å². The number of anilines is 1. The summed E-state index contributed by atoms with van der Waals surface area (Å²) >= 11 is 0. The molecule has 5 nitrogen and oxygen atoms in total. The van der Waals surface area contributed by atoms with Crippen LogP contribution in [0, 0.1) is 13.8 Å². The van der Waals surface area contributed by atoms with Gasteiger partial charge in [0.15, 0.2) is 0 Å². The molecule has 0 atom stereocenters. The van der Waals surface area contributed by atoms with Crippen molar-refractivity contribution in [3.63, 3.8) is 0 Å². The van der Waals surface area contributed by atoms with Crippen LogP contribution in [0.4, 0.5) is 5.69 Å². The van der Waals surface area contributed by atoms with Crippen molar-refractivity contribution < 1.29 is 9.53 Å². The number of H-pyrrole nitrogens is 1. The number of benzene rings is 2. The van der Waals surface area contributed by atoms with Gasteiger partial charge >= 0.3 is 0 Å². The average molecular weight is 363 g/mol. The van der Waals surface area contributed by atoms with Crippen molar-refractivity contribution in [3.8, 4) is 5.75 Å². The highest BCUT2D eigenvalue weighted by Crippen LogP contribution is 2.26. The second-order valence-electron chi connectivity index (χ2n) is 7.11. The Morgan fingerprint density at radius 2 is 1.85 bits per heavy atom. The summed E-state index contributed by atoms with van der Waals surface area (Å²) in [5.41, 5.74) is 5.56. The van der Waals surface area contributed by atoms with Gasteiger partial charge in [-0.2, -0.15) is 0 Å². The quantitative estimate of drug-likeness (QED) is 0.771. The zero-order valence-corrected chi connectivity index (χ0v) is 16.1. The Bertz CT molecular complexity index is 984. The van der Waals surface area contributed by atoms with Gasteiger partial charge in [0.25, 0.3) is 5.91 Å². The largest absolute Gasteiger partial charge is 0.497 e. The molecule has 4 rings (SSSR count). The lowest BCUT2D eigenvalue weighted by Gasteiger charge is -2.37. The monoisotopic (exact) mass is 363 g/mol. The van der Waals surface area contributed by atoms with Gasteiger partial charge < -0.3 is 19.5 Å². The Morgan fingerprint density at radius 1 is 1.07 bits per heavy atom. The maximum Gasteiger partial charge on any atom is 0.256 e. The van der Waals surface area contributed by atoms with Crippen LogP contribution in [0.1, 0.15) is 21.5 Å². The Kier molecular flexibility index (Phi) is 4.52. The molecular formula is C22H25N3O2. The van der Waals surface area contributed by atoms with Gasteiger partial charge in [0.05, 0.1) is 12.7 Å². The number of ether oxygens (including phenoxy) is 1. The number of hydrogen-bond donors (Lipinski definition) is 1. The van der Waals surface area contributed by atoms with Crippen LogP contribution in [0.5, 0.6) is 5.75 Å². The Balaban J connectivity index is 1.50. The van der Waals surface area contributed by atoms with E-state index in [9.17, 15) is 4.79 Å². The van der Waals surface area contributed by atoms with Gasteiger partial charge in [-0.25, -0.2) is 0 Å². The third kappa shape index (κ3) is 3.14. The number of aromatic nitrogens is 1. The van der Waals surface area contributed by atoms with E-state index in [-0.39, 0.29) is 5.91 Å². The lowest BCUT2D eigenvalue weighted by Crippen LogP contribution is -2.49. The molecule has 1 aromatic heterocycles. The lowest BCUT2D eigenvalue weighted by molar-refractivity contribution is 0.0749. The van der Waals surface area contributed by atoms with Crippen LogP contribution >= 0.6 is 0 Å². The number of amides is 1. The number of carbonyl (C=O) groups excluding carboxylic acids is 1. The second kappa shape index (κ2) is 6.99. The number of nitrogens with zero attached hydrogens (tertiary/aromatic N) is 2. The molecule has 1 fully saturated rings. The van der Waals surface area contributed by atoms with Gasteiger partial charge in [0.2, 0.25) is 0 Å². The Morgan fingerprint density at radius 3 is 2.59 bits per heavy atom. The predicted molar refractivity (Wildman–Crippen MR) is 109 cm³/mol. The predicted octanol–water partition coefficient (Wildman–Crippen LogP) is 3.76. The van der Waals surface area contributed by atoms with Gasteiger partial charge in [-0.05, 0) is 43.2 Å². The standard InChI is InChI=1S/C22H25N3O2/c1-15-5-4-6-21(16(15)2)24-9-11-25(12-10-24)22(26)19-14-23-20-13-17(27-3)7-8-18(19)20/h4-8,13-14,23H,9-12H2,1-3H3. The first-order valence-electron chi connectivity index (χ1n) is 9.34. The molecule has 5 heteroatoms. The van der Waals surface area contributed by atoms with Crippen LogP contribution in [0.3, 0.4) is 0 Å². The van der Waals surface area contributed by atoms with Crippen molar-refractivity contribution in [1.82, 2.24) is 9.88 Å². The second-order valence-corrected chi connectivity index (χ2v) is 7.11. The average Bonchev–Trinajstić information content (AvgIpc) is 3.12. The van der Waals surface area contributed by atoms with Gasteiger partial charge in [-0.3, -0.25) is 4.79 Å².